The Bertz CT molecular complexity index is 1140. The molecule has 1 aliphatic carbocycles. The molecule has 1 aromatic carbocycles. The van der Waals surface area contributed by atoms with Gasteiger partial charge >= 0.3 is 0 Å². The highest BCUT2D eigenvalue weighted by Crippen LogP contribution is 2.33. The largest absolute Gasteiger partial charge is 0.490 e. The number of aliphatic hydroxyl groups is 1. The Morgan fingerprint density at radius 1 is 1.29 bits per heavy atom. The van der Waals surface area contributed by atoms with Crippen molar-refractivity contribution >= 4 is 16.9 Å². The number of β-amino-alcohol motifs (C(OH)–C–C–N with tert-alkyl or cyclic N) is 1. The number of allylic oxidation sites excluding steroid dienone is 5. The van der Waals surface area contributed by atoms with Crippen LogP contribution in [0.3, 0.4) is 0 Å². The maximum atomic E-state index is 9.99. The molecule has 1 aliphatic heterocycles. The van der Waals surface area contributed by atoms with Gasteiger partial charge in [0.25, 0.3) is 0 Å². The molecule has 5 nitrogen and oxygen atoms in total. The van der Waals surface area contributed by atoms with Gasteiger partial charge in [-0.2, -0.15) is 5.26 Å². The molecule has 6 heteroatoms. The Balaban J connectivity index is 1.54. The van der Waals surface area contributed by atoms with Crippen molar-refractivity contribution in [2.45, 2.75) is 64.7 Å². The van der Waals surface area contributed by atoms with E-state index in [1.807, 2.05) is 38.2 Å². The van der Waals surface area contributed by atoms with Gasteiger partial charge in [-0.05, 0) is 70.2 Å². The summed E-state index contributed by atoms with van der Waals surface area (Å²) in [6.07, 6.45) is 14.5. The molecule has 1 aromatic heterocycles. The van der Waals surface area contributed by atoms with E-state index in [0.717, 1.165) is 54.2 Å². The molecule has 4 rings (SSSR count). The predicted octanol–water partition coefficient (Wildman–Crippen LogP) is 5.97. The number of benzene rings is 1. The summed E-state index contributed by atoms with van der Waals surface area (Å²) in [5, 5.41) is 20.4. The fourth-order valence-corrected chi connectivity index (χ4v) is 5.53. The molecule has 0 bridgehead atoms. The van der Waals surface area contributed by atoms with E-state index in [9.17, 15) is 10.4 Å². The molecule has 0 amide bonds. The van der Waals surface area contributed by atoms with Gasteiger partial charge in [0.2, 0.25) is 0 Å². The smallest absolute Gasteiger partial charge is 0.137 e. The maximum Gasteiger partial charge on any atom is 0.137 e. The first-order valence-electron chi connectivity index (χ1n) is 12.1. The topological polar surface area (TPSA) is 69.4 Å². The minimum absolute atomic E-state index is 0.0172. The third-order valence-corrected chi connectivity index (χ3v) is 7.38. The number of ether oxygens (including phenoxy) is 1. The molecule has 1 N–H and O–H groups in total. The molecular formula is C28H33N3O2S. The van der Waals surface area contributed by atoms with Gasteiger partial charge in [0.15, 0.2) is 0 Å². The lowest BCUT2D eigenvalue weighted by atomic mass is 9.98. The number of rotatable bonds is 5. The molecule has 2 atom stereocenters. The Labute approximate surface area is 206 Å². The highest BCUT2D eigenvalue weighted by molar-refractivity contribution is 7.16. The Kier molecular flexibility index (Phi) is 7.99. The van der Waals surface area contributed by atoms with E-state index >= 15 is 0 Å². The van der Waals surface area contributed by atoms with E-state index in [-0.39, 0.29) is 12.2 Å². The van der Waals surface area contributed by atoms with E-state index in [4.69, 9.17) is 4.74 Å². The van der Waals surface area contributed by atoms with E-state index < -0.39 is 0 Å². The number of thiazole rings is 1. The van der Waals surface area contributed by atoms with Gasteiger partial charge in [-0.1, -0.05) is 29.9 Å². The molecule has 2 aliphatic rings. The summed E-state index contributed by atoms with van der Waals surface area (Å²) in [4.78, 5) is 8.23. The fraction of sp³-hybridized carbons (Fsp3) is 0.429. The Hall–Kier alpha value is -2.72. The van der Waals surface area contributed by atoms with Crippen molar-refractivity contribution in [3.05, 3.63) is 64.7 Å². The van der Waals surface area contributed by atoms with Crippen LogP contribution in [0.2, 0.25) is 0 Å². The van der Waals surface area contributed by atoms with Crippen molar-refractivity contribution in [1.29, 1.82) is 5.26 Å². The molecule has 0 radical (unpaired) electrons. The predicted molar refractivity (Wildman–Crippen MR) is 139 cm³/mol. The lowest BCUT2D eigenvalue weighted by molar-refractivity contribution is 0.155. The van der Waals surface area contributed by atoms with Crippen LogP contribution < -0.4 is 4.74 Å². The number of aliphatic hydroxyl groups excluding tert-OH is 1. The average molecular weight is 476 g/mol. The Morgan fingerprint density at radius 3 is 2.88 bits per heavy atom. The first-order valence-corrected chi connectivity index (χ1v) is 12.9. The third-order valence-electron chi connectivity index (χ3n) is 6.29. The van der Waals surface area contributed by atoms with E-state index in [1.165, 1.54) is 11.1 Å². The number of hydrogen-bond acceptors (Lipinski definition) is 6. The standard InChI is InChI=1S/C28H33N3O2S/c1-19(2)33-26-11-10-22(15-23(26)16-29)28-30-17-27(34-28)21-7-4-6-20(3)14-24(9-5-8-21)31-13-12-25(32)18-31/h4,6-8,10-11,15,17,19,24-25,32H,5,9,12-14,18H2,1-3H3/b7-4-,20-6+,21-8-. The van der Waals surface area contributed by atoms with Crippen LogP contribution in [0.1, 0.15) is 56.9 Å². The van der Waals surface area contributed by atoms with Crippen LogP contribution in [0.25, 0.3) is 16.1 Å². The summed E-state index contributed by atoms with van der Waals surface area (Å²) in [5.74, 6) is 0.609. The van der Waals surface area contributed by atoms with Crippen LogP contribution in [0, 0.1) is 11.3 Å². The number of nitriles is 1. The SMILES string of the molecule is C\C1=C/C=C\C(c2cnc(-c3ccc(OC(C)C)c(C#N)c3)s2)=C\CCC(N2CCC(O)C2)C1. The first-order chi connectivity index (χ1) is 16.4. The second-order valence-corrected chi connectivity index (χ2v) is 10.5. The lowest BCUT2D eigenvalue weighted by Gasteiger charge is -2.28. The van der Waals surface area contributed by atoms with Crippen LogP contribution in [-0.2, 0) is 0 Å². The van der Waals surface area contributed by atoms with Gasteiger partial charge in [-0.25, -0.2) is 4.98 Å². The molecular weight excluding hydrogens is 442 g/mol. The number of nitrogens with zero attached hydrogens (tertiary/aromatic N) is 3. The van der Waals surface area contributed by atoms with Crippen LogP contribution in [0.15, 0.2) is 54.3 Å². The molecule has 1 fully saturated rings. The molecule has 2 heterocycles. The molecule has 2 unspecified atom stereocenters. The van der Waals surface area contributed by atoms with E-state index in [1.54, 1.807) is 11.3 Å². The van der Waals surface area contributed by atoms with Gasteiger partial charge < -0.3 is 9.84 Å². The summed E-state index contributed by atoms with van der Waals surface area (Å²) >= 11 is 1.64. The minimum Gasteiger partial charge on any atom is -0.490 e. The summed E-state index contributed by atoms with van der Waals surface area (Å²) in [6, 6.07) is 8.40. The first kappa shape index (κ1) is 24.4. The van der Waals surface area contributed by atoms with Gasteiger partial charge in [0, 0.05) is 30.9 Å². The molecule has 2 aromatic rings. The average Bonchev–Trinajstić information content (AvgIpc) is 3.47. The highest BCUT2D eigenvalue weighted by Gasteiger charge is 2.26. The van der Waals surface area contributed by atoms with Gasteiger partial charge in [0.05, 0.1) is 22.6 Å². The Morgan fingerprint density at radius 2 is 2.15 bits per heavy atom. The quantitative estimate of drug-likeness (QED) is 0.577. The highest BCUT2D eigenvalue weighted by atomic mass is 32.1. The third kappa shape index (κ3) is 6.04. The van der Waals surface area contributed by atoms with Gasteiger partial charge in [-0.3, -0.25) is 4.90 Å². The number of likely N-dealkylation sites (tertiary alicyclic amines) is 1. The number of aromatic nitrogens is 1. The van der Waals surface area contributed by atoms with Crippen LogP contribution in [0.4, 0.5) is 0 Å². The monoisotopic (exact) mass is 475 g/mol. The molecule has 0 spiro atoms. The molecule has 0 saturated carbocycles. The molecule has 34 heavy (non-hydrogen) atoms. The van der Waals surface area contributed by atoms with E-state index in [0.29, 0.717) is 17.4 Å². The second-order valence-electron chi connectivity index (χ2n) is 9.42. The van der Waals surface area contributed by atoms with E-state index in [2.05, 4.69) is 47.2 Å². The minimum atomic E-state index is -0.186. The van der Waals surface area contributed by atoms with Crippen LogP contribution >= 0.6 is 11.3 Å². The lowest BCUT2D eigenvalue weighted by Crippen LogP contribution is -2.34. The van der Waals surface area contributed by atoms with Crippen molar-refractivity contribution in [2.75, 3.05) is 13.1 Å². The van der Waals surface area contributed by atoms with Crippen molar-refractivity contribution < 1.29 is 9.84 Å². The van der Waals surface area contributed by atoms with Gasteiger partial charge in [0.1, 0.15) is 16.8 Å². The second kappa shape index (κ2) is 11.1. The normalized spacial score (nSPS) is 25.8. The zero-order chi connectivity index (χ0) is 24.1. The molecule has 1 saturated heterocycles. The molecule has 178 valence electrons. The summed E-state index contributed by atoms with van der Waals surface area (Å²) in [6.45, 7) is 7.87. The summed E-state index contributed by atoms with van der Waals surface area (Å²) < 4.78 is 5.75. The van der Waals surface area contributed by atoms with Crippen molar-refractivity contribution in [3.63, 3.8) is 0 Å². The zero-order valence-corrected chi connectivity index (χ0v) is 21.0. The van der Waals surface area contributed by atoms with Crippen LogP contribution in [0.5, 0.6) is 5.75 Å². The fourth-order valence-electron chi connectivity index (χ4n) is 4.60. The van der Waals surface area contributed by atoms with Crippen molar-refractivity contribution in [2.24, 2.45) is 0 Å². The number of hydrogen-bond donors (Lipinski definition) is 1. The van der Waals surface area contributed by atoms with Crippen molar-refractivity contribution in [3.8, 4) is 22.4 Å². The van der Waals surface area contributed by atoms with Gasteiger partial charge in [-0.15, -0.1) is 11.3 Å². The maximum absolute atomic E-state index is 9.99. The summed E-state index contributed by atoms with van der Waals surface area (Å²) in [7, 11) is 0. The van der Waals surface area contributed by atoms with Crippen LogP contribution in [-0.4, -0.2) is 46.3 Å². The summed E-state index contributed by atoms with van der Waals surface area (Å²) in [5.41, 5.74) is 3.99. The van der Waals surface area contributed by atoms with Crippen molar-refractivity contribution in [1.82, 2.24) is 9.88 Å². The zero-order valence-electron chi connectivity index (χ0n) is 20.2.